The average Bonchev–Trinajstić information content (AvgIpc) is 3.19. The topological polar surface area (TPSA) is 89.9 Å². The summed E-state index contributed by atoms with van der Waals surface area (Å²) in [5, 5.41) is 30.4. The van der Waals surface area contributed by atoms with Crippen LogP contribution in [-0.2, 0) is 0 Å². The van der Waals surface area contributed by atoms with E-state index in [0.29, 0.717) is 22.9 Å². The van der Waals surface area contributed by atoms with E-state index in [0.717, 1.165) is 52.3 Å². The fourth-order valence-corrected chi connectivity index (χ4v) is 6.13. The van der Waals surface area contributed by atoms with Crippen LogP contribution in [0.25, 0.3) is 16.8 Å². The third-order valence-corrected chi connectivity index (χ3v) is 8.04. The van der Waals surface area contributed by atoms with E-state index >= 15 is 0 Å². The molecule has 1 aromatic carbocycles. The van der Waals surface area contributed by atoms with Gasteiger partial charge in [0.05, 0.1) is 28.7 Å². The summed E-state index contributed by atoms with van der Waals surface area (Å²) in [5.74, 6) is 0.484. The highest BCUT2D eigenvalue weighted by Crippen LogP contribution is 2.60. The van der Waals surface area contributed by atoms with Crippen LogP contribution in [-0.4, -0.2) is 33.1 Å². The molecule has 1 aliphatic heterocycles. The van der Waals surface area contributed by atoms with Gasteiger partial charge in [0, 0.05) is 52.6 Å². The molecule has 3 aliphatic rings. The minimum Gasteiger partial charge on any atom is -0.386 e. The predicted molar refractivity (Wildman–Crippen MR) is 149 cm³/mol. The first-order chi connectivity index (χ1) is 17.8. The highest BCUT2D eigenvalue weighted by molar-refractivity contribution is 6.18. The monoisotopic (exact) mass is 491 g/mol. The van der Waals surface area contributed by atoms with E-state index in [1.165, 1.54) is 25.0 Å². The van der Waals surface area contributed by atoms with Crippen LogP contribution in [0.1, 0.15) is 64.0 Å². The highest BCUT2D eigenvalue weighted by Gasteiger charge is 2.56. The molecular formula is C30H33N7. The fourth-order valence-electron chi connectivity index (χ4n) is 6.13. The molecule has 0 amide bonds. The maximum atomic E-state index is 9.20. The zero-order valence-electron chi connectivity index (χ0n) is 21.8. The van der Waals surface area contributed by atoms with Crippen LogP contribution in [0.2, 0.25) is 0 Å². The van der Waals surface area contributed by atoms with E-state index < -0.39 is 0 Å². The second kappa shape index (κ2) is 8.88. The molecule has 0 bridgehead atoms. The van der Waals surface area contributed by atoms with Crippen molar-refractivity contribution >= 4 is 22.6 Å². The first kappa shape index (κ1) is 23.5. The number of allylic oxidation sites excluding steroid dienone is 1. The van der Waals surface area contributed by atoms with Gasteiger partial charge in [-0.15, -0.1) is 0 Å². The molecule has 188 valence electrons. The lowest BCUT2D eigenvalue weighted by Gasteiger charge is -2.20. The minimum atomic E-state index is 0.273. The molecule has 2 aliphatic carbocycles. The summed E-state index contributed by atoms with van der Waals surface area (Å²) in [4.78, 5) is 0. The van der Waals surface area contributed by atoms with Crippen LogP contribution in [0.3, 0.4) is 0 Å². The van der Waals surface area contributed by atoms with Gasteiger partial charge in [0.2, 0.25) is 0 Å². The van der Waals surface area contributed by atoms with Crippen LogP contribution < -0.4 is 10.6 Å². The Morgan fingerprint density at radius 1 is 1.19 bits per heavy atom. The number of rotatable bonds is 7. The number of anilines is 1. The molecule has 37 heavy (non-hydrogen) atoms. The molecule has 1 spiro atoms. The first-order valence-electron chi connectivity index (χ1n) is 13.2. The van der Waals surface area contributed by atoms with E-state index in [2.05, 4.69) is 73.4 Å². The van der Waals surface area contributed by atoms with Gasteiger partial charge in [-0.25, -0.2) is 4.52 Å². The number of nitrogens with zero attached hydrogens (tertiary/aromatic N) is 5. The van der Waals surface area contributed by atoms with Gasteiger partial charge in [-0.2, -0.15) is 20.6 Å². The molecule has 2 fully saturated rings. The molecule has 3 aromatic rings. The number of hydrogen-bond acceptors (Lipinski definition) is 6. The molecule has 2 saturated carbocycles. The lowest BCUT2D eigenvalue weighted by atomic mass is 9.92. The van der Waals surface area contributed by atoms with Crippen molar-refractivity contribution in [3.63, 3.8) is 0 Å². The Labute approximate surface area is 218 Å². The Morgan fingerprint density at radius 2 is 2.03 bits per heavy atom. The number of hydrogen-bond donors (Lipinski definition) is 2. The summed E-state index contributed by atoms with van der Waals surface area (Å²) in [6, 6.07) is 15.3. The van der Waals surface area contributed by atoms with Gasteiger partial charge in [0.25, 0.3) is 0 Å². The van der Waals surface area contributed by atoms with E-state index in [1.54, 1.807) is 6.20 Å². The average molecular weight is 492 g/mol. The van der Waals surface area contributed by atoms with E-state index in [4.69, 9.17) is 10.2 Å². The van der Waals surface area contributed by atoms with Gasteiger partial charge < -0.3 is 10.6 Å². The summed E-state index contributed by atoms with van der Waals surface area (Å²) in [6.07, 6.45) is 7.35. The molecule has 1 unspecified atom stereocenters. The Balaban J connectivity index is 1.25. The van der Waals surface area contributed by atoms with Gasteiger partial charge in [-0.3, -0.25) is 0 Å². The number of aromatic nitrogens is 2. The summed E-state index contributed by atoms with van der Waals surface area (Å²) in [6.45, 7) is 10.4. The predicted octanol–water partition coefficient (Wildman–Crippen LogP) is 5.92. The van der Waals surface area contributed by atoms with Crippen molar-refractivity contribution in [2.45, 2.75) is 65.0 Å². The molecule has 3 heterocycles. The van der Waals surface area contributed by atoms with Crippen molar-refractivity contribution in [3.05, 3.63) is 66.0 Å². The standard InChI is InChI=1S/C30H33N7/c1-18(2)33-26-12-21(28-8-6-23-11-20(16-31)17-32-37(23)28)5-7-24(26)27-14-25(35-36-27)22-13-29(34-19(3)4)30(15-22)9-10-30/h5-8,11-12,17-18,22,29,33-34H,3,9-10,13-15H2,1-2,4H3/t22?,29-/m0/s1. The zero-order valence-corrected chi connectivity index (χ0v) is 21.8. The van der Waals surface area contributed by atoms with Crippen LogP contribution >= 0.6 is 0 Å². The number of benzene rings is 1. The summed E-state index contributed by atoms with van der Waals surface area (Å²) in [5.41, 5.74) is 9.41. The fraction of sp³-hybridized carbons (Fsp3) is 0.400. The Hall–Kier alpha value is -3.92. The van der Waals surface area contributed by atoms with Gasteiger partial charge in [-0.1, -0.05) is 18.7 Å². The molecule has 2 atom stereocenters. The Morgan fingerprint density at radius 3 is 2.76 bits per heavy atom. The normalized spacial score (nSPS) is 21.7. The number of nitriles is 1. The highest BCUT2D eigenvalue weighted by atomic mass is 15.2. The van der Waals surface area contributed by atoms with E-state index in [-0.39, 0.29) is 6.04 Å². The van der Waals surface area contributed by atoms with E-state index in [1.807, 2.05) is 16.6 Å². The molecule has 2 aromatic heterocycles. The van der Waals surface area contributed by atoms with Crippen molar-refractivity contribution in [2.24, 2.45) is 21.5 Å². The third-order valence-electron chi connectivity index (χ3n) is 8.04. The largest absolute Gasteiger partial charge is 0.386 e. The Kier molecular flexibility index (Phi) is 5.63. The molecule has 7 nitrogen and oxygen atoms in total. The molecule has 6 rings (SSSR count). The van der Waals surface area contributed by atoms with Crippen LogP contribution in [0.15, 0.2) is 65.1 Å². The first-order valence-corrected chi connectivity index (χ1v) is 13.2. The zero-order chi connectivity index (χ0) is 25.7. The summed E-state index contributed by atoms with van der Waals surface area (Å²) in [7, 11) is 0. The summed E-state index contributed by atoms with van der Waals surface area (Å²) < 4.78 is 1.88. The van der Waals surface area contributed by atoms with Crippen molar-refractivity contribution in [1.29, 1.82) is 5.26 Å². The van der Waals surface area contributed by atoms with Crippen molar-refractivity contribution in [3.8, 4) is 17.3 Å². The van der Waals surface area contributed by atoms with Crippen LogP contribution in [0.4, 0.5) is 5.69 Å². The smallest absolute Gasteiger partial charge is 0.101 e. The van der Waals surface area contributed by atoms with Gasteiger partial charge in [0.15, 0.2) is 0 Å². The third kappa shape index (κ3) is 4.31. The Bertz CT molecular complexity index is 1500. The molecule has 7 heteroatoms. The summed E-state index contributed by atoms with van der Waals surface area (Å²) >= 11 is 0. The molecule has 0 radical (unpaired) electrons. The minimum absolute atomic E-state index is 0.273. The van der Waals surface area contributed by atoms with Crippen molar-refractivity contribution in [1.82, 2.24) is 14.9 Å². The molecule has 2 N–H and O–H groups in total. The lowest BCUT2D eigenvalue weighted by molar-refractivity contribution is 0.408. The van der Waals surface area contributed by atoms with Crippen LogP contribution in [0.5, 0.6) is 0 Å². The molecule has 0 saturated heterocycles. The van der Waals surface area contributed by atoms with Crippen LogP contribution in [0, 0.1) is 22.7 Å². The van der Waals surface area contributed by atoms with Crippen molar-refractivity contribution in [2.75, 3.05) is 5.32 Å². The molecular weight excluding hydrogens is 458 g/mol. The number of fused-ring (bicyclic) bond motifs is 1. The maximum Gasteiger partial charge on any atom is 0.101 e. The lowest BCUT2D eigenvalue weighted by Crippen LogP contribution is -2.31. The second-order valence-electron chi connectivity index (χ2n) is 11.3. The van der Waals surface area contributed by atoms with Gasteiger partial charge >= 0.3 is 0 Å². The van der Waals surface area contributed by atoms with Gasteiger partial charge in [-0.05, 0) is 76.1 Å². The second-order valence-corrected chi connectivity index (χ2v) is 11.3. The van der Waals surface area contributed by atoms with E-state index in [9.17, 15) is 5.26 Å². The maximum absolute atomic E-state index is 9.20. The SMILES string of the molecule is C=C(C)N[C@H]1CC(C2=NN=C(c3ccc(-c4ccc5cc(C#N)cnn45)cc3NC(C)C)C2)CC12CC2. The number of nitrogens with one attached hydrogen (secondary N) is 2. The quantitative estimate of drug-likeness (QED) is 0.429. The van der Waals surface area contributed by atoms with Gasteiger partial charge in [0.1, 0.15) is 6.07 Å². The van der Waals surface area contributed by atoms with Crippen molar-refractivity contribution < 1.29 is 0 Å².